The molecule has 4 heterocycles. The molecule has 0 amide bonds. The van der Waals surface area contributed by atoms with E-state index in [4.69, 9.17) is 0 Å². The van der Waals surface area contributed by atoms with Crippen LogP contribution in [-0.4, -0.2) is 58.2 Å². The van der Waals surface area contributed by atoms with Crippen LogP contribution >= 0.6 is 0 Å². The molecule has 1 fully saturated rings. The lowest BCUT2D eigenvalue weighted by Crippen LogP contribution is -2.46. The Labute approximate surface area is 166 Å². The lowest BCUT2D eigenvalue weighted by molar-refractivity contribution is 0.305. The molecule has 2 aliphatic heterocycles. The van der Waals surface area contributed by atoms with E-state index in [1.807, 2.05) is 25.1 Å². The summed E-state index contributed by atoms with van der Waals surface area (Å²) in [5.41, 5.74) is 1.90. The van der Waals surface area contributed by atoms with Gasteiger partial charge >= 0.3 is 0 Å². The van der Waals surface area contributed by atoms with Gasteiger partial charge in [0, 0.05) is 44.4 Å². The number of piperidine rings is 1. The summed E-state index contributed by atoms with van der Waals surface area (Å²) < 4.78 is 29.4. The highest BCUT2D eigenvalue weighted by Gasteiger charge is 2.32. The predicted molar refractivity (Wildman–Crippen MR) is 108 cm³/mol. The minimum atomic E-state index is -3.42. The number of hydrogen-bond donors (Lipinski definition) is 1. The molecule has 0 atom stereocenters. The van der Waals surface area contributed by atoms with Crippen molar-refractivity contribution in [3.05, 3.63) is 41.5 Å². The van der Waals surface area contributed by atoms with E-state index in [0.29, 0.717) is 50.7 Å². The van der Waals surface area contributed by atoms with Crippen molar-refractivity contribution in [2.75, 3.05) is 31.5 Å². The first-order valence-electron chi connectivity index (χ1n) is 9.84. The minimum absolute atomic E-state index is 0.440. The quantitative estimate of drug-likeness (QED) is 0.842. The second-order valence-electron chi connectivity index (χ2n) is 7.25. The molecule has 1 saturated heterocycles. The Kier molecular flexibility index (Phi) is 5.56. The summed E-state index contributed by atoms with van der Waals surface area (Å²) in [7, 11) is -3.42. The zero-order chi connectivity index (χ0) is 19.6. The van der Waals surface area contributed by atoms with E-state index in [1.165, 1.54) is 0 Å². The van der Waals surface area contributed by atoms with Crippen molar-refractivity contribution in [3.8, 4) is 0 Å². The lowest BCUT2D eigenvalue weighted by atomic mass is 10.1. The van der Waals surface area contributed by atoms with Crippen molar-refractivity contribution in [1.29, 1.82) is 0 Å². The van der Waals surface area contributed by atoms with Crippen molar-refractivity contribution in [2.45, 2.75) is 39.0 Å². The Hall–Kier alpha value is -2.10. The topological polar surface area (TPSA) is 91.3 Å². The van der Waals surface area contributed by atoms with Crippen molar-refractivity contribution >= 4 is 21.8 Å². The maximum Gasteiger partial charge on any atom is 0.281 e. The molecule has 150 valence electrons. The summed E-state index contributed by atoms with van der Waals surface area (Å²) in [5, 5.41) is 3.28. The average molecular weight is 403 g/mol. The summed E-state index contributed by atoms with van der Waals surface area (Å²) in [5.74, 6) is 2.10. The average Bonchev–Trinajstić information content (AvgIpc) is 2.92. The van der Waals surface area contributed by atoms with Gasteiger partial charge in [0.25, 0.3) is 10.2 Å². The van der Waals surface area contributed by atoms with Gasteiger partial charge < -0.3 is 5.32 Å². The summed E-state index contributed by atoms with van der Waals surface area (Å²) in [6.07, 6.45) is 5.88. The number of aromatic nitrogens is 3. The zero-order valence-electron chi connectivity index (χ0n) is 16.1. The van der Waals surface area contributed by atoms with E-state index in [9.17, 15) is 8.42 Å². The molecule has 0 bridgehead atoms. The van der Waals surface area contributed by atoms with Crippen LogP contribution in [-0.2, 0) is 23.1 Å². The molecule has 0 aliphatic carbocycles. The van der Waals surface area contributed by atoms with Crippen molar-refractivity contribution in [1.82, 2.24) is 23.6 Å². The maximum atomic E-state index is 13.1. The Morgan fingerprint density at radius 3 is 2.46 bits per heavy atom. The number of fused-ring (bicyclic) bond motifs is 1. The highest BCUT2D eigenvalue weighted by atomic mass is 32.2. The van der Waals surface area contributed by atoms with Gasteiger partial charge in [0.2, 0.25) is 0 Å². The van der Waals surface area contributed by atoms with Crippen LogP contribution in [0.3, 0.4) is 0 Å². The molecule has 4 rings (SSSR count). The van der Waals surface area contributed by atoms with Crippen molar-refractivity contribution in [3.63, 3.8) is 0 Å². The highest BCUT2D eigenvalue weighted by molar-refractivity contribution is 7.86. The van der Waals surface area contributed by atoms with Gasteiger partial charge in [-0.05, 0) is 38.3 Å². The van der Waals surface area contributed by atoms with Crippen LogP contribution in [0.5, 0.6) is 0 Å². The van der Waals surface area contributed by atoms with Crippen LogP contribution in [0.25, 0.3) is 0 Å². The number of anilines is 2. The van der Waals surface area contributed by atoms with Crippen molar-refractivity contribution in [2.24, 2.45) is 0 Å². The Morgan fingerprint density at radius 2 is 1.71 bits per heavy atom. The van der Waals surface area contributed by atoms with Crippen LogP contribution in [0.15, 0.2) is 24.4 Å². The molecule has 0 radical (unpaired) electrons. The molecule has 1 N–H and O–H groups in total. The molecular weight excluding hydrogens is 376 g/mol. The third kappa shape index (κ3) is 4.01. The molecule has 2 aromatic rings. The normalized spacial score (nSPS) is 19.0. The number of nitrogens with one attached hydrogen (secondary N) is 1. The van der Waals surface area contributed by atoms with Gasteiger partial charge in [-0.25, -0.2) is 15.0 Å². The lowest BCUT2D eigenvalue weighted by Gasteiger charge is -2.31. The van der Waals surface area contributed by atoms with Gasteiger partial charge in [0.15, 0.2) is 0 Å². The van der Waals surface area contributed by atoms with E-state index < -0.39 is 10.2 Å². The molecule has 0 aromatic carbocycles. The summed E-state index contributed by atoms with van der Waals surface area (Å²) in [4.78, 5) is 13.5. The Morgan fingerprint density at radius 1 is 0.964 bits per heavy atom. The monoisotopic (exact) mass is 402 g/mol. The van der Waals surface area contributed by atoms with Crippen LogP contribution in [0.1, 0.15) is 36.3 Å². The first-order chi connectivity index (χ1) is 13.5. The smallest absolute Gasteiger partial charge is 0.281 e. The van der Waals surface area contributed by atoms with E-state index in [2.05, 4.69) is 20.3 Å². The third-order valence-electron chi connectivity index (χ3n) is 5.29. The van der Waals surface area contributed by atoms with Crippen LogP contribution in [0.4, 0.5) is 11.6 Å². The molecule has 9 heteroatoms. The molecule has 0 unspecified atom stereocenters. The Balaban J connectivity index is 1.57. The van der Waals surface area contributed by atoms with Gasteiger partial charge in [-0.3, -0.25) is 0 Å². The first kappa shape index (κ1) is 19.2. The highest BCUT2D eigenvalue weighted by Crippen LogP contribution is 2.26. The van der Waals surface area contributed by atoms with E-state index in [0.717, 1.165) is 36.3 Å². The fourth-order valence-electron chi connectivity index (χ4n) is 3.85. The molecule has 28 heavy (non-hydrogen) atoms. The van der Waals surface area contributed by atoms with Crippen molar-refractivity contribution < 1.29 is 8.42 Å². The molecule has 2 aromatic heterocycles. The second kappa shape index (κ2) is 8.10. The van der Waals surface area contributed by atoms with Gasteiger partial charge in [-0.2, -0.15) is 17.0 Å². The second-order valence-corrected chi connectivity index (χ2v) is 9.18. The number of rotatable bonds is 4. The SMILES string of the molecule is Cc1nc2c(c(Nc3ccccn3)n1)CCN(S(=O)(=O)N1CCCCC1)CC2. The first-order valence-corrected chi connectivity index (χ1v) is 11.2. The fraction of sp³-hybridized carbons (Fsp3) is 0.526. The standard InChI is InChI=1S/C19H26N6O2S/c1-15-21-17-9-14-25(28(26,27)24-11-5-2-6-12-24)13-8-16(17)19(22-15)23-18-7-3-4-10-20-18/h3-4,7,10H,2,5-6,8-9,11-14H2,1H3,(H,20,21,22,23). The molecule has 2 aliphatic rings. The van der Waals surface area contributed by atoms with Gasteiger partial charge in [0.1, 0.15) is 17.5 Å². The predicted octanol–water partition coefficient (Wildman–Crippen LogP) is 2.05. The third-order valence-corrected chi connectivity index (χ3v) is 7.33. The van der Waals surface area contributed by atoms with Gasteiger partial charge in [0.05, 0.1) is 5.69 Å². The number of pyridine rings is 1. The maximum absolute atomic E-state index is 13.1. The number of nitrogens with zero attached hydrogens (tertiary/aromatic N) is 5. The summed E-state index contributed by atoms with van der Waals surface area (Å²) in [6.45, 7) is 3.99. The van der Waals surface area contributed by atoms with Crippen LogP contribution in [0, 0.1) is 6.92 Å². The summed E-state index contributed by atoms with van der Waals surface area (Å²) >= 11 is 0. The van der Waals surface area contributed by atoms with Crippen LogP contribution < -0.4 is 5.32 Å². The van der Waals surface area contributed by atoms with Gasteiger partial charge in [-0.1, -0.05) is 12.5 Å². The van der Waals surface area contributed by atoms with Crippen LogP contribution in [0.2, 0.25) is 0 Å². The molecular formula is C19H26N6O2S. The zero-order valence-corrected chi connectivity index (χ0v) is 17.0. The molecule has 0 saturated carbocycles. The molecule has 0 spiro atoms. The Bertz CT molecular complexity index is 929. The largest absolute Gasteiger partial charge is 0.325 e. The van der Waals surface area contributed by atoms with E-state index >= 15 is 0 Å². The minimum Gasteiger partial charge on any atom is -0.325 e. The summed E-state index contributed by atoms with van der Waals surface area (Å²) in [6, 6.07) is 5.66. The number of aryl methyl sites for hydroxylation is 1. The van der Waals surface area contributed by atoms with Gasteiger partial charge in [-0.15, -0.1) is 0 Å². The fourth-order valence-corrected chi connectivity index (χ4v) is 5.54. The van der Waals surface area contributed by atoms with E-state index in [1.54, 1.807) is 14.8 Å². The number of hydrogen-bond acceptors (Lipinski definition) is 6. The molecule has 8 nitrogen and oxygen atoms in total. The van der Waals surface area contributed by atoms with E-state index in [-0.39, 0.29) is 0 Å².